The van der Waals surface area contributed by atoms with E-state index in [-0.39, 0.29) is 6.07 Å². The van der Waals surface area contributed by atoms with Crippen LogP contribution >= 0.6 is 15.9 Å². The quantitative estimate of drug-likeness (QED) is 0.395. The fourth-order valence-electron chi connectivity index (χ4n) is 2.94. The number of halogens is 13. The Hall–Kier alpha value is -2.45. The zero-order valence-corrected chi connectivity index (χ0v) is 16.9. The second kappa shape index (κ2) is 8.09. The van der Waals surface area contributed by atoms with E-state index in [4.69, 9.17) is 5.73 Å². The van der Waals surface area contributed by atoms with Gasteiger partial charge in [0.2, 0.25) is 5.91 Å². The second-order valence-corrected chi connectivity index (χ2v) is 7.37. The van der Waals surface area contributed by atoms with Crippen LogP contribution in [0.3, 0.4) is 0 Å². The zero-order chi connectivity index (χ0) is 25.8. The average molecular weight is 562 g/mol. The second-order valence-electron chi connectivity index (χ2n) is 6.52. The fraction of sp³-hybridized carbons (Fsp3) is 0.278. The van der Waals surface area contributed by atoms with Gasteiger partial charge in [-0.2, -0.15) is 48.3 Å². The van der Waals surface area contributed by atoms with Crippen LogP contribution < -0.4 is 5.73 Å². The van der Waals surface area contributed by atoms with Crippen LogP contribution in [0.5, 0.6) is 0 Å². The van der Waals surface area contributed by atoms with Gasteiger partial charge in [-0.05, 0) is 23.8 Å². The Morgan fingerprint density at radius 1 is 0.788 bits per heavy atom. The molecule has 1 atom stereocenters. The number of rotatable bonds is 4. The van der Waals surface area contributed by atoms with Crippen LogP contribution in [-0.2, 0) is 11.8 Å². The average Bonchev–Trinajstić information content (AvgIpc) is 2.63. The third-order valence-electron chi connectivity index (χ3n) is 4.43. The summed E-state index contributed by atoms with van der Waals surface area (Å²) in [5.74, 6) is -8.47. The van der Waals surface area contributed by atoms with Crippen molar-refractivity contribution < 1.29 is 57.5 Å². The molecule has 0 bridgehead atoms. The van der Waals surface area contributed by atoms with Gasteiger partial charge in [0.25, 0.3) is 0 Å². The lowest BCUT2D eigenvalue weighted by atomic mass is 9.84. The van der Waals surface area contributed by atoms with Crippen LogP contribution in [-0.4, -0.2) is 24.2 Å². The maximum atomic E-state index is 14.7. The van der Waals surface area contributed by atoms with Gasteiger partial charge in [-0.3, -0.25) is 4.79 Å². The van der Waals surface area contributed by atoms with Crippen molar-refractivity contribution in [3.63, 3.8) is 0 Å². The van der Waals surface area contributed by atoms with Crippen molar-refractivity contribution in [1.29, 1.82) is 0 Å². The Morgan fingerprint density at radius 3 is 1.73 bits per heavy atom. The Bertz CT molecular complexity index is 1070. The van der Waals surface area contributed by atoms with Gasteiger partial charge < -0.3 is 5.73 Å². The van der Waals surface area contributed by atoms with Crippen molar-refractivity contribution in [2.75, 3.05) is 0 Å². The summed E-state index contributed by atoms with van der Waals surface area (Å²) in [5.41, 5.74) is -8.84. The number of carbonyl (C=O) groups excluding carboxylic acids is 1. The molecule has 0 fully saturated rings. The molecule has 33 heavy (non-hydrogen) atoms. The van der Waals surface area contributed by atoms with Crippen molar-refractivity contribution in [3.05, 3.63) is 57.6 Å². The molecule has 2 aromatic carbocycles. The first-order valence-corrected chi connectivity index (χ1v) is 8.97. The maximum absolute atomic E-state index is 14.7. The number of primary amides is 1. The van der Waals surface area contributed by atoms with E-state index in [1.54, 1.807) is 0 Å². The van der Waals surface area contributed by atoms with E-state index in [0.29, 0.717) is 0 Å². The Balaban J connectivity index is 3.04. The highest BCUT2D eigenvalue weighted by molar-refractivity contribution is 9.10. The van der Waals surface area contributed by atoms with Crippen molar-refractivity contribution >= 4 is 21.8 Å². The van der Waals surface area contributed by atoms with Gasteiger partial charge in [0.05, 0.1) is 5.56 Å². The van der Waals surface area contributed by atoms with Crippen molar-refractivity contribution in [3.8, 4) is 11.1 Å². The first-order valence-electron chi connectivity index (χ1n) is 8.18. The lowest BCUT2D eigenvalue weighted by molar-refractivity contribution is -0.389. The topological polar surface area (TPSA) is 43.1 Å². The minimum absolute atomic E-state index is 0.296. The third kappa shape index (κ3) is 4.38. The number of alkyl halides is 12. The lowest BCUT2D eigenvalue weighted by Crippen LogP contribution is -2.59. The number of nitrogens with two attached hydrogens (primary N) is 1. The molecule has 1 amide bonds. The van der Waals surface area contributed by atoms with Crippen LogP contribution in [0.2, 0.25) is 0 Å². The minimum Gasteiger partial charge on any atom is -0.366 e. The third-order valence-corrected chi connectivity index (χ3v) is 5.06. The summed E-state index contributed by atoms with van der Waals surface area (Å²) in [5, 5.41) is 0. The van der Waals surface area contributed by atoms with E-state index in [2.05, 4.69) is 15.9 Å². The normalized spacial score (nSPS) is 15.3. The van der Waals surface area contributed by atoms with Crippen molar-refractivity contribution in [2.24, 2.45) is 5.73 Å². The molecule has 0 aliphatic rings. The van der Waals surface area contributed by atoms with E-state index < -0.39 is 74.4 Å². The Labute approximate surface area is 184 Å². The molecule has 2 aromatic rings. The highest BCUT2D eigenvalue weighted by atomic mass is 79.9. The summed E-state index contributed by atoms with van der Waals surface area (Å²) in [4.78, 5) is 11.6. The molecule has 2 N–H and O–H groups in total. The highest BCUT2D eigenvalue weighted by Crippen LogP contribution is 2.59. The largest absolute Gasteiger partial charge is 0.457 e. The molecule has 1 unspecified atom stereocenters. The molecular weight excluding hydrogens is 554 g/mol. The predicted molar refractivity (Wildman–Crippen MR) is 92.9 cm³/mol. The zero-order valence-electron chi connectivity index (χ0n) is 15.4. The highest BCUT2D eigenvalue weighted by Gasteiger charge is 2.81. The van der Waals surface area contributed by atoms with E-state index in [0.717, 1.165) is 24.3 Å². The van der Waals surface area contributed by atoms with Crippen LogP contribution in [0.4, 0.5) is 52.7 Å². The molecule has 0 aromatic heterocycles. The summed E-state index contributed by atoms with van der Waals surface area (Å²) < 4.78 is 160. The van der Waals surface area contributed by atoms with E-state index in [9.17, 15) is 57.5 Å². The Morgan fingerprint density at radius 2 is 1.30 bits per heavy atom. The van der Waals surface area contributed by atoms with Crippen LogP contribution in [0.25, 0.3) is 11.1 Å². The standard InChI is InChI=1S/C18H8BrF12NO/c19-11-6-7(14(20,17(26,27)28)16(24,25)18(29,30)31)5-10(15(21,22)23)12(11)8-3-1-2-4-9(8)13(32)33/h1-6H,(H2,32,33). The predicted octanol–water partition coefficient (Wildman–Crippen LogP) is 7.16. The van der Waals surface area contributed by atoms with Crippen molar-refractivity contribution in [2.45, 2.75) is 30.1 Å². The molecule has 0 spiro atoms. The Kier molecular flexibility index (Phi) is 6.57. The van der Waals surface area contributed by atoms with Crippen LogP contribution in [0.1, 0.15) is 21.5 Å². The molecule has 0 aliphatic heterocycles. The summed E-state index contributed by atoms with van der Waals surface area (Å²) in [7, 11) is 0. The van der Waals surface area contributed by atoms with Gasteiger partial charge in [-0.25, -0.2) is 4.39 Å². The van der Waals surface area contributed by atoms with Gasteiger partial charge >= 0.3 is 30.1 Å². The molecule has 0 radical (unpaired) electrons. The van der Waals surface area contributed by atoms with E-state index >= 15 is 0 Å². The van der Waals surface area contributed by atoms with Gasteiger partial charge in [-0.1, -0.05) is 34.1 Å². The number of amides is 1. The monoisotopic (exact) mass is 561 g/mol. The maximum Gasteiger partial charge on any atom is 0.457 e. The summed E-state index contributed by atoms with van der Waals surface area (Å²) in [6, 6.07) is 2.89. The molecule has 0 heterocycles. The van der Waals surface area contributed by atoms with Crippen molar-refractivity contribution in [1.82, 2.24) is 0 Å². The summed E-state index contributed by atoms with van der Waals surface area (Å²) >= 11 is 2.37. The van der Waals surface area contributed by atoms with E-state index in [1.807, 2.05) is 0 Å². The van der Waals surface area contributed by atoms with Gasteiger partial charge in [0, 0.05) is 21.2 Å². The smallest absolute Gasteiger partial charge is 0.366 e. The first kappa shape index (κ1) is 26.8. The molecule has 0 aliphatic carbocycles. The molecule has 15 heteroatoms. The number of hydrogen-bond donors (Lipinski definition) is 1. The summed E-state index contributed by atoms with van der Waals surface area (Å²) in [6.45, 7) is 0. The number of carbonyl (C=O) groups is 1. The van der Waals surface area contributed by atoms with Gasteiger partial charge in [0.15, 0.2) is 0 Å². The summed E-state index contributed by atoms with van der Waals surface area (Å²) in [6.07, 6.45) is -19.8. The van der Waals surface area contributed by atoms with Crippen LogP contribution in [0, 0.1) is 0 Å². The lowest BCUT2D eigenvalue weighted by Gasteiger charge is -2.36. The minimum atomic E-state index is -7.17. The molecule has 0 saturated heterocycles. The molecular formula is C18H8BrF12NO. The van der Waals surface area contributed by atoms with Gasteiger partial charge in [0.1, 0.15) is 0 Å². The molecule has 2 nitrogen and oxygen atoms in total. The SMILES string of the molecule is NC(=O)c1ccccc1-c1c(Br)cc(C(F)(C(F)(F)F)C(F)(F)C(F)(F)F)cc1C(F)(F)F. The van der Waals surface area contributed by atoms with E-state index in [1.165, 1.54) is 0 Å². The molecule has 2 rings (SSSR count). The number of hydrogen-bond acceptors (Lipinski definition) is 1. The number of benzene rings is 2. The molecule has 182 valence electrons. The molecule has 0 saturated carbocycles. The fourth-order valence-corrected chi connectivity index (χ4v) is 3.61. The van der Waals surface area contributed by atoms with Gasteiger partial charge in [-0.15, -0.1) is 0 Å². The first-order chi connectivity index (χ1) is 14.7. The van der Waals surface area contributed by atoms with Crippen LogP contribution in [0.15, 0.2) is 40.9 Å².